The van der Waals surface area contributed by atoms with Crippen molar-refractivity contribution in [2.45, 2.75) is 33.1 Å². The molecule has 0 fully saturated rings. The average Bonchev–Trinajstić information content (AvgIpc) is 2.63. The highest BCUT2D eigenvalue weighted by molar-refractivity contribution is 5.83. The van der Waals surface area contributed by atoms with Gasteiger partial charge >= 0.3 is 0 Å². The lowest BCUT2D eigenvalue weighted by atomic mass is 9.93. The molecule has 0 aliphatic carbocycles. The third-order valence-electron chi connectivity index (χ3n) is 2.75. The number of hydrogen-bond donors (Lipinski definition) is 1. The highest BCUT2D eigenvalue weighted by Gasteiger charge is 2.09. The smallest absolute Gasteiger partial charge is 0.0653 e. The van der Waals surface area contributed by atoms with Gasteiger partial charge in [-0.05, 0) is 29.5 Å². The van der Waals surface area contributed by atoms with Crippen molar-refractivity contribution in [2.75, 3.05) is 0 Å². The predicted molar refractivity (Wildman–Crippen MR) is 59.6 cm³/mol. The van der Waals surface area contributed by atoms with Crippen LogP contribution in [0.15, 0.2) is 18.3 Å². The Balaban J connectivity index is 2.72. The fraction of sp³-hybridized carbons (Fsp3) is 0.417. The van der Waals surface area contributed by atoms with Crippen LogP contribution >= 0.6 is 0 Å². The number of nitrogens with one attached hydrogen (secondary N) is 1. The van der Waals surface area contributed by atoms with Gasteiger partial charge in [0.25, 0.3) is 0 Å². The van der Waals surface area contributed by atoms with Gasteiger partial charge in [-0.1, -0.05) is 26.8 Å². The molecule has 0 unspecified atom stereocenters. The molecule has 0 aliphatic heterocycles. The Morgan fingerprint density at radius 1 is 1.36 bits per heavy atom. The van der Waals surface area contributed by atoms with Crippen LogP contribution in [0.5, 0.6) is 0 Å². The number of H-pyrrole nitrogens is 1. The van der Waals surface area contributed by atoms with Crippen molar-refractivity contribution >= 4 is 10.9 Å². The summed E-state index contributed by atoms with van der Waals surface area (Å²) >= 11 is 0. The molecular formula is C12H16N2. The highest BCUT2D eigenvalue weighted by atomic mass is 15.1. The quantitative estimate of drug-likeness (QED) is 0.770. The molecule has 0 saturated carbocycles. The standard InChI is InChI=1S/C12H16N2/c1-4-9-10(8(2)3)5-6-12-11(9)7-13-14-12/h5-8H,4H2,1-3H3,(H,13,14). The van der Waals surface area contributed by atoms with E-state index in [9.17, 15) is 0 Å². The van der Waals surface area contributed by atoms with Gasteiger partial charge in [0.05, 0.1) is 11.7 Å². The van der Waals surface area contributed by atoms with Crippen LogP contribution in [0, 0.1) is 0 Å². The maximum absolute atomic E-state index is 4.09. The predicted octanol–water partition coefficient (Wildman–Crippen LogP) is 3.25. The number of rotatable bonds is 2. The molecule has 0 radical (unpaired) electrons. The van der Waals surface area contributed by atoms with Gasteiger partial charge in [-0.3, -0.25) is 5.10 Å². The molecule has 0 bridgehead atoms. The zero-order chi connectivity index (χ0) is 10.1. The second kappa shape index (κ2) is 3.45. The first kappa shape index (κ1) is 9.25. The summed E-state index contributed by atoms with van der Waals surface area (Å²) in [4.78, 5) is 0. The van der Waals surface area contributed by atoms with Gasteiger partial charge in [0.1, 0.15) is 0 Å². The van der Waals surface area contributed by atoms with E-state index in [2.05, 4.69) is 43.1 Å². The molecule has 2 nitrogen and oxygen atoms in total. The van der Waals surface area contributed by atoms with Gasteiger partial charge < -0.3 is 0 Å². The summed E-state index contributed by atoms with van der Waals surface area (Å²) in [5, 5.41) is 8.37. The molecule has 1 N–H and O–H groups in total. The second-order valence-corrected chi connectivity index (χ2v) is 3.97. The summed E-state index contributed by atoms with van der Waals surface area (Å²) in [5.41, 5.74) is 4.03. The van der Waals surface area contributed by atoms with E-state index in [1.54, 1.807) is 0 Å². The van der Waals surface area contributed by atoms with Crippen molar-refractivity contribution in [3.63, 3.8) is 0 Å². The Kier molecular flexibility index (Phi) is 2.28. The highest BCUT2D eigenvalue weighted by Crippen LogP contribution is 2.26. The molecule has 14 heavy (non-hydrogen) atoms. The SMILES string of the molecule is CCc1c(C(C)C)ccc2[nH]ncc12. The van der Waals surface area contributed by atoms with Gasteiger partial charge in [0.2, 0.25) is 0 Å². The fourth-order valence-corrected chi connectivity index (χ4v) is 2.03. The molecule has 74 valence electrons. The molecule has 0 aliphatic rings. The lowest BCUT2D eigenvalue weighted by Gasteiger charge is -2.11. The van der Waals surface area contributed by atoms with Crippen LogP contribution in [0.2, 0.25) is 0 Å². The van der Waals surface area contributed by atoms with Crippen LogP contribution < -0.4 is 0 Å². The van der Waals surface area contributed by atoms with Crippen molar-refractivity contribution in [3.05, 3.63) is 29.5 Å². The van der Waals surface area contributed by atoms with Crippen molar-refractivity contribution in [1.82, 2.24) is 10.2 Å². The summed E-state index contributed by atoms with van der Waals surface area (Å²) in [6.07, 6.45) is 3.00. The van der Waals surface area contributed by atoms with Crippen molar-refractivity contribution in [1.29, 1.82) is 0 Å². The second-order valence-electron chi connectivity index (χ2n) is 3.97. The van der Waals surface area contributed by atoms with Gasteiger partial charge in [0, 0.05) is 5.39 Å². The molecule has 0 amide bonds. The van der Waals surface area contributed by atoms with Gasteiger partial charge in [0.15, 0.2) is 0 Å². The number of aromatic nitrogens is 2. The molecular weight excluding hydrogens is 172 g/mol. The van der Waals surface area contributed by atoms with Crippen LogP contribution in [-0.2, 0) is 6.42 Å². The van der Waals surface area contributed by atoms with E-state index < -0.39 is 0 Å². The summed E-state index contributed by atoms with van der Waals surface area (Å²) in [6, 6.07) is 4.33. The third-order valence-corrected chi connectivity index (χ3v) is 2.75. The average molecular weight is 188 g/mol. The van der Waals surface area contributed by atoms with Gasteiger partial charge in [-0.15, -0.1) is 0 Å². The molecule has 1 heterocycles. The zero-order valence-electron chi connectivity index (χ0n) is 8.96. The van der Waals surface area contributed by atoms with E-state index in [-0.39, 0.29) is 0 Å². The monoisotopic (exact) mass is 188 g/mol. The van der Waals surface area contributed by atoms with E-state index in [4.69, 9.17) is 0 Å². The Morgan fingerprint density at radius 3 is 2.79 bits per heavy atom. The number of hydrogen-bond acceptors (Lipinski definition) is 1. The van der Waals surface area contributed by atoms with Crippen LogP contribution in [-0.4, -0.2) is 10.2 Å². The number of aryl methyl sites for hydroxylation is 1. The molecule has 2 heteroatoms. The summed E-state index contributed by atoms with van der Waals surface area (Å²) < 4.78 is 0. The van der Waals surface area contributed by atoms with Crippen LogP contribution in [0.1, 0.15) is 37.8 Å². The third kappa shape index (κ3) is 1.31. The summed E-state index contributed by atoms with van der Waals surface area (Å²) in [7, 11) is 0. The maximum Gasteiger partial charge on any atom is 0.0653 e. The number of aromatic amines is 1. The summed E-state index contributed by atoms with van der Waals surface area (Å²) in [5.74, 6) is 0.587. The van der Waals surface area contributed by atoms with Crippen LogP contribution in [0.3, 0.4) is 0 Å². The van der Waals surface area contributed by atoms with Gasteiger partial charge in [-0.2, -0.15) is 5.10 Å². The summed E-state index contributed by atoms with van der Waals surface area (Å²) in [6.45, 7) is 6.68. The number of nitrogens with zero attached hydrogens (tertiary/aromatic N) is 1. The Morgan fingerprint density at radius 2 is 2.14 bits per heavy atom. The largest absolute Gasteiger partial charge is 0.278 e. The van der Waals surface area contributed by atoms with E-state index in [0.717, 1.165) is 11.9 Å². The lowest BCUT2D eigenvalue weighted by Crippen LogP contribution is -1.95. The Hall–Kier alpha value is -1.31. The number of benzene rings is 1. The van der Waals surface area contributed by atoms with Crippen LogP contribution in [0.25, 0.3) is 10.9 Å². The van der Waals surface area contributed by atoms with Crippen molar-refractivity contribution < 1.29 is 0 Å². The Labute approximate surface area is 84.3 Å². The topological polar surface area (TPSA) is 28.7 Å². The van der Waals surface area contributed by atoms with E-state index in [1.165, 1.54) is 16.5 Å². The van der Waals surface area contributed by atoms with Crippen LogP contribution in [0.4, 0.5) is 0 Å². The van der Waals surface area contributed by atoms with E-state index in [1.807, 2.05) is 6.20 Å². The minimum Gasteiger partial charge on any atom is -0.278 e. The first-order chi connectivity index (χ1) is 6.74. The van der Waals surface area contributed by atoms with Crippen molar-refractivity contribution in [2.24, 2.45) is 0 Å². The van der Waals surface area contributed by atoms with E-state index >= 15 is 0 Å². The molecule has 2 rings (SSSR count). The first-order valence-electron chi connectivity index (χ1n) is 5.19. The first-order valence-corrected chi connectivity index (χ1v) is 5.19. The zero-order valence-corrected chi connectivity index (χ0v) is 8.96. The maximum atomic E-state index is 4.09. The van der Waals surface area contributed by atoms with E-state index in [0.29, 0.717) is 5.92 Å². The fourth-order valence-electron chi connectivity index (χ4n) is 2.03. The minimum atomic E-state index is 0.587. The number of fused-ring (bicyclic) bond motifs is 1. The molecule has 0 saturated heterocycles. The molecule has 2 aromatic rings. The molecule has 0 spiro atoms. The molecule has 1 aromatic carbocycles. The normalized spacial score (nSPS) is 11.4. The Bertz CT molecular complexity index is 441. The molecule has 0 atom stereocenters. The molecule has 1 aromatic heterocycles. The van der Waals surface area contributed by atoms with Crippen molar-refractivity contribution in [3.8, 4) is 0 Å². The van der Waals surface area contributed by atoms with Gasteiger partial charge in [-0.25, -0.2) is 0 Å². The lowest BCUT2D eigenvalue weighted by molar-refractivity contribution is 0.848. The minimum absolute atomic E-state index is 0.587.